The van der Waals surface area contributed by atoms with Crippen LogP contribution in [-0.2, 0) is 11.2 Å². The SMILES string of the molecule is CCOc1ccc(C(=O)NCC(=O)N2CCc3ccccc32)cc1OCC. The number of carbonyl (C=O) groups is 2. The first-order chi connectivity index (χ1) is 13.1. The average Bonchev–Trinajstić information content (AvgIpc) is 3.12. The molecule has 0 saturated heterocycles. The molecule has 142 valence electrons. The summed E-state index contributed by atoms with van der Waals surface area (Å²) in [5.74, 6) is 0.677. The highest BCUT2D eigenvalue weighted by Gasteiger charge is 2.24. The van der Waals surface area contributed by atoms with Gasteiger partial charge in [-0.1, -0.05) is 18.2 Å². The lowest BCUT2D eigenvalue weighted by Gasteiger charge is -2.18. The minimum absolute atomic E-state index is 0.0512. The summed E-state index contributed by atoms with van der Waals surface area (Å²) in [4.78, 5) is 26.7. The van der Waals surface area contributed by atoms with Crippen LogP contribution in [0.2, 0.25) is 0 Å². The van der Waals surface area contributed by atoms with Crippen molar-refractivity contribution in [3.8, 4) is 11.5 Å². The van der Waals surface area contributed by atoms with Crippen molar-refractivity contribution in [2.24, 2.45) is 0 Å². The molecule has 1 aliphatic heterocycles. The lowest BCUT2D eigenvalue weighted by Crippen LogP contribution is -2.39. The van der Waals surface area contributed by atoms with Crippen LogP contribution in [0.1, 0.15) is 29.8 Å². The number of ether oxygens (including phenoxy) is 2. The zero-order valence-electron chi connectivity index (χ0n) is 15.7. The predicted octanol–water partition coefficient (Wildman–Crippen LogP) is 2.80. The lowest BCUT2D eigenvalue weighted by molar-refractivity contribution is -0.117. The van der Waals surface area contributed by atoms with Gasteiger partial charge < -0.3 is 19.7 Å². The Morgan fingerprint density at radius 1 is 1.04 bits per heavy atom. The summed E-state index contributed by atoms with van der Waals surface area (Å²) in [6.45, 7) is 5.33. The second-order valence-corrected chi connectivity index (χ2v) is 6.13. The fourth-order valence-corrected chi connectivity index (χ4v) is 3.14. The molecule has 1 aliphatic rings. The molecule has 1 heterocycles. The van der Waals surface area contributed by atoms with E-state index < -0.39 is 0 Å². The number of para-hydroxylation sites is 1. The standard InChI is InChI=1S/C21H24N2O4/c1-3-26-18-10-9-16(13-19(18)27-4-2)21(25)22-14-20(24)23-12-11-15-7-5-6-8-17(15)23/h5-10,13H,3-4,11-12,14H2,1-2H3,(H,22,25). The smallest absolute Gasteiger partial charge is 0.251 e. The van der Waals surface area contributed by atoms with Crippen LogP contribution in [0.5, 0.6) is 11.5 Å². The molecule has 2 amide bonds. The Hall–Kier alpha value is -3.02. The van der Waals surface area contributed by atoms with Gasteiger partial charge in [0, 0.05) is 17.8 Å². The van der Waals surface area contributed by atoms with Crippen molar-refractivity contribution in [1.82, 2.24) is 5.32 Å². The molecule has 0 fully saturated rings. The third kappa shape index (κ3) is 4.22. The molecule has 0 saturated carbocycles. The van der Waals surface area contributed by atoms with Gasteiger partial charge in [-0.2, -0.15) is 0 Å². The first kappa shape index (κ1) is 18.8. The topological polar surface area (TPSA) is 67.9 Å². The van der Waals surface area contributed by atoms with Crippen molar-refractivity contribution in [3.63, 3.8) is 0 Å². The van der Waals surface area contributed by atoms with Gasteiger partial charge in [-0.05, 0) is 50.1 Å². The summed E-state index contributed by atoms with van der Waals surface area (Å²) in [5, 5.41) is 2.70. The van der Waals surface area contributed by atoms with Gasteiger partial charge in [-0.3, -0.25) is 9.59 Å². The molecule has 2 aromatic carbocycles. The number of benzene rings is 2. The number of carbonyl (C=O) groups excluding carboxylic acids is 2. The van der Waals surface area contributed by atoms with E-state index in [1.165, 1.54) is 0 Å². The van der Waals surface area contributed by atoms with Gasteiger partial charge in [0.05, 0.1) is 19.8 Å². The largest absolute Gasteiger partial charge is 0.490 e. The zero-order chi connectivity index (χ0) is 19.2. The number of hydrogen-bond acceptors (Lipinski definition) is 4. The molecular weight excluding hydrogens is 344 g/mol. The highest BCUT2D eigenvalue weighted by Crippen LogP contribution is 2.29. The third-order valence-corrected chi connectivity index (χ3v) is 4.39. The minimum atomic E-state index is -0.320. The van der Waals surface area contributed by atoms with Gasteiger partial charge in [-0.15, -0.1) is 0 Å². The molecule has 0 aliphatic carbocycles. The minimum Gasteiger partial charge on any atom is -0.490 e. The maximum absolute atomic E-state index is 12.5. The van der Waals surface area contributed by atoms with Crippen LogP contribution >= 0.6 is 0 Å². The Kier molecular flexibility index (Phi) is 5.96. The van der Waals surface area contributed by atoms with Gasteiger partial charge in [0.2, 0.25) is 5.91 Å². The molecule has 0 spiro atoms. The molecule has 2 aromatic rings. The Morgan fingerprint density at radius 2 is 1.78 bits per heavy atom. The van der Waals surface area contributed by atoms with Crippen LogP contribution in [0.3, 0.4) is 0 Å². The van der Waals surface area contributed by atoms with Gasteiger partial charge >= 0.3 is 0 Å². The number of rotatable bonds is 7. The van der Waals surface area contributed by atoms with Gasteiger partial charge in [0.1, 0.15) is 0 Å². The van der Waals surface area contributed by atoms with E-state index in [4.69, 9.17) is 9.47 Å². The second kappa shape index (κ2) is 8.58. The van der Waals surface area contributed by atoms with Crippen LogP contribution in [0, 0.1) is 0 Å². The number of anilines is 1. The van der Waals surface area contributed by atoms with E-state index in [0.717, 1.165) is 17.7 Å². The molecule has 0 bridgehead atoms. The maximum Gasteiger partial charge on any atom is 0.251 e. The van der Waals surface area contributed by atoms with Crippen molar-refractivity contribution in [2.75, 3.05) is 31.2 Å². The molecule has 1 N–H and O–H groups in total. The molecule has 0 atom stereocenters. The quantitative estimate of drug-likeness (QED) is 0.816. The first-order valence-corrected chi connectivity index (χ1v) is 9.20. The Bertz CT molecular complexity index is 835. The number of amides is 2. The van der Waals surface area contributed by atoms with Crippen LogP contribution < -0.4 is 19.7 Å². The van der Waals surface area contributed by atoms with E-state index in [0.29, 0.717) is 36.8 Å². The summed E-state index contributed by atoms with van der Waals surface area (Å²) < 4.78 is 11.1. The van der Waals surface area contributed by atoms with Crippen molar-refractivity contribution in [2.45, 2.75) is 20.3 Å². The van der Waals surface area contributed by atoms with Gasteiger partial charge in [-0.25, -0.2) is 0 Å². The summed E-state index contributed by atoms with van der Waals surface area (Å²) >= 11 is 0. The van der Waals surface area contributed by atoms with Crippen molar-refractivity contribution < 1.29 is 19.1 Å². The molecule has 6 nitrogen and oxygen atoms in total. The predicted molar refractivity (Wildman–Crippen MR) is 104 cm³/mol. The monoisotopic (exact) mass is 368 g/mol. The second-order valence-electron chi connectivity index (χ2n) is 6.13. The van der Waals surface area contributed by atoms with E-state index in [9.17, 15) is 9.59 Å². The summed E-state index contributed by atoms with van der Waals surface area (Å²) in [7, 11) is 0. The third-order valence-electron chi connectivity index (χ3n) is 4.39. The lowest BCUT2D eigenvalue weighted by atomic mass is 10.2. The highest BCUT2D eigenvalue weighted by molar-refractivity contribution is 6.01. The van der Waals surface area contributed by atoms with Gasteiger partial charge in [0.15, 0.2) is 11.5 Å². The summed E-state index contributed by atoms with van der Waals surface area (Å²) in [6, 6.07) is 12.9. The molecule has 3 rings (SSSR count). The molecule has 0 aromatic heterocycles. The Labute approximate surface area is 159 Å². The number of fused-ring (bicyclic) bond motifs is 1. The van der Waals surface area contributed by atoms with Gasteiger partial charge in [0.25, 0.3) is 5.91 Å². The highest BCUT2D eigenvalue weighted by atomic mass is 16.5. The van der Waals surface area contributed by atoms with E-state index in [1.807, 2.05) is 38.1 Å². The van der Waals surface area contributed by atoms with Crippen LogP contribution in [0.15, 0.2) is 42.5 Å². The van der Waals surface area contributed by atoms with E-state index >= 15 is 0 Å². The first-order valence-electron chi connectivity index (χ1n) is 9.20. The number of hydrogen-bond donors (Lipinski definition) is 1. The number of nitrogens with zero attached hydrogens (tertiary/aromatic N) is 1. The Balaban J connectivity index is 1.64. The summed E-state index contributed by atoms with van der Waals surface area (Å²) in [5.41, 5.74) is 2.51. The van der Waals surface area contributed by atoms with Crippen LogP contribution in [0.25, 0.3) is 0 Å². The normalized spacial score (nSPS) is 12.4. The average molecular weight is 368 g/mol. The van der Waals surface area contributed by atoms with Crippen LogP contribution in [-0.4, -0.2) is 38.1 Å². The molecular formula is C21H24N2O4. The fraction of sp³-hybridized carbons (Fsp3) is 0.333. The Morgan fingerprint density at radius 3 is 2.56 bits per heavy atom. The van der Waals surface area contributed by atoms with Crippen LogP contribution in [0.4, 0.5) is 5.69 Å². The van der Waals surface area contributed by atoms with E-state index in [1.54, 1.807) is 23.1 Å². The summed E-state index contributed by atoms with van der Waals surface area (Å²) in [6.07, 6.45) is 0.840. The van der Waals surface area contributed by atoms with Crippen molar-refractivity contribution in [1.29, 1.82) is 0 Å². The van der Waals surface area contributed by atoms with E-state index in [2.05, 4.69) is 5.32 Å². The molecule has 6 heteroatoms. The molecule has 0 radical (unpaired) electrons. The van der Waals surface area contributed by atoms with E-state index in [-0.39, 0.29) is 18.4 Å². The molecule has 0 unspecified atom stereocenters. The fourth-order valence-electron chi connectivity index (χ4n) is 3.14. The zero-order valence-corrected chi connectivity index (χ0v) is 15.7. The maximum atomic E-state index is 12.5. The molecule has 27 heavy (non-hydrogen) atoms. The number of nitrogens with one attached hydrogen (secondary N) is 1. The van der Waals surface area contributed by atoms with Crippen molar-refractivity contribution >= 4 is 17.5 Å². The van der Waals surface area contributed by atoms with Crippen molar-refractivity contribution in [3.05, 3.63) is 53.6 Å².